The maximum Gasteiger partial charge on any atom is 0.269 e. The highest BCUT2D eigenvalue weighted by atomic mass is 16.6. The molecule has 0 unspecified atom stereocenters. The number of nitrogens with zero attached hydrogens (tertiary/aromatic N) is 4. The molecule has 0 radical (unpaired) electrons. The highest BCUT2D eigenvalue weighted by molar-refractivity contribution is 5.32. The summed E-state index contributed by atoms with van der Waals surface area (Å²) in [7, 11) is 0. The van der Waals surface area contributed by atoms with Gasteiger partial charge in [0.1, 0.15) is 0 Å². The van der Waals surface area contributed by atoms with Gasteiger partial charge in [0.15, 0.2) is 0 Å². The minimum absolute atomic E-state index is 0.0787. The Kier molecular flexibility index (Phi) is 3.10. The van der Waals surface area contributed by atoms with Crippen LogP contribution in [-0.2, 0) is 13.1 Å². The number of nitrogens with two attached hydrogens (primary N) is 1. The second-order valence-corrected chi connectivity index (χ2v) is 3.54. The van der Waals surface area contributed by atoms with Gasteiger partial charge in [0.2, 0.25) is 0 Å². The Labute approximate surface area is 97.0 Å². The second-order valence-electron chi connectivity index (χ2n) is 3.54. The molecule has 0 aliphatic rings. The van der Waals surface area contributed by atoms with Crippen molar-refractivity contribution in [3.63, 3.8) is 0 Å². The van der Waals surface area contributed by atoms with Gasteiger partial charge in [-0.05, 0) is 5.56 Å². The molecule has 0 atom stereocenters. The van der Waals surface area contributed by atoms with E-state index in [9.17, 15) is 10.1 Å². The lowest BCUT2D eigenvalue weighted by atomic mass is 10.2. The molecule has 0 fully saturated rings. The molecule has 7 nitrogen and oxygen atoms in total. The minimum Gasteiger partial charge on any atom is -0.325 e. The normalized spacial score (nSPS) is 10.4. The van der Waals surface area contributed by atoms with E-state index in [-0.39, 0.29) is 5.69 Å². The molecule has 1 aromatic heterocycles. The van der Waals surface area contributed by atoms with Crippen LogP contribution < -0.4 is 5.73 Å². The summed E-state index contributed by atoms with van der Waals surface area (Å²) in [6.07, 6.45) is 1.75. The van der Waals surface area contributed by atoms with E-state index in [2.05, 4.69) is 10.3 Å². The van der Waals surface area contributed by atoms with Crippen molar-refractivity contribution < 1.29 is 4.92 Å². The Balaban J connectivity index is 2.10. The number of aromatic nitrogens is 3. The first-order valence-electron chi connectivity index (χ1n) is 5.01. The molecule has 0 bridgehead atoms. The number of nitro groups is 1. The third-order valence-corrected chi connectivity index (χ3v) is 2.29. The van der Waals surface area contributed by atoms with Gasteiger partial charge in [-0.3, -0.25) is 10.1 Å². The first kappa shape index (κ1) is 11.2. The van der Waals surface area contributed by atoms with Crippen molar-refractivity contribution in [2.24, 2.45) is 5.73 Å². The van der Waals surface area contributed by atoms with Crippen molar-refractivity contribution in [2.45, 2.75) is 13.1 Å². The summed E-state index contributed by atoms with van der Waals surface area (Å²) in [4.78, 5) is 10.1. The van der Waals surface area contributed by atoms with Crippen LogP contribution in [0.1, 0.15) is 11.3 Å². The molecule has 0 aliphatic carbocycles. The van der Waals surface area contributed by atoms with Gasteiger partial charge in [0, 0.05) is 18.7 Å². The van der Waals surface area contributed by atoms with Crippen LogP contribution in [-0.4, -0.2) is 19.9 Å². The zero-order chi connectivity index (χ0) is 12.3. The number of nitro benzene ring substituents is 1. The fourth-order valence-electron chi connectivity index (χ4n) is 1.42. The van der Waals surface area contributed by atoms with Crippen molar-refractivity contribution in [2.75, 3.05) is 0 Å². The molecule has 0 spiro atoms. The molecular formula is C10H11N5O2. The molecule has 88 valence electrons. The number of hydrogen-bond acceptors (Lipinski definition) is 5. The van der Waals surface area contributed by atoms with Gasteiger partial charge in [-0.15, -0.1) is 5.10 Å². The average Bonchev–Trinajstić information content (AvgIpc) is 2.77. The van der Waals surface area contributed by atoms with Crippen molar-refractivity contribution in [1.29, 1.82) is 0 Å². The summed E-state index contributed by atoms with van der Waals surface area (Å²) >= 11 is 0. The van der Waals surface area contributed by atoms with E-state index < -0.39 is 4.92 Å². The fraction of sp³-hybridized carbons (Fsp3) is 0.200. The highest BCUT2D eigenvalue weighted by Gasteiger charge is 2.05. The van der Waals surface area contributed by atoms with E-state index in [0.29, 0.717) is 18.8 Å². The second kappa shape index (κ2) is 4.71. The van der Waals surface area contributed by atoms with Crippen LogP contribution in [0.4, 0.5) is 5.69 Å². The summed E-state index contributed by atoms with van der Waals surface area (Å²) in [5.41, 5.74) is 7.13. The Morgan fingerprint density at radius 1 is 1.35 bits per heavy atom. The van der Waals surface area contributed by atoms with Crippen molar-refractivity contribution in [1.82, 2.24) is 15.0 Å². The van der Waals surface area contributed by atoms with Crippen molar-refractivity contribution in [3.05, 3.63) is 51.8 Å². The zero-order valence-electron chi connectivity index (χ0n) is 8.98. The minimum atomic E-state index is -0.425. The van der Waals surface area contributed by atoms with E-state index in [4.69, 9.17) is 5.73 Å². The lowest BCUT2D eigenvalue weighted by molar-refractivity contribution is -0.384. The summed E-state index contributed by atoms with van der Waals surface area (Å²) in [6.45, 7) is 0.866. The van der Waals surface area contributed by atoms with Crippen LogP contribution in [0.5, 0.6) is 0 Å². The van der Waals surface area contributed by atoms with Gasteiger partial charge in [0.25, 0.3) is 5.69 Å². The van der Waals surface area contributed by atoms with Crippen LogP contribution in [0, 0.1) is 10.1 Å². The Morgan fingerprint density at radius 2 is 2.06 bits per heavy atom. The Bertz CT molecular complexity index is 520. The smallest absolute Gasteiger partial charge is 0.269 e. The topological polar surface area (TPSA) is 99.9 Å². The maximum atomic E-state index is 10.5. The van der Waals surface area contributed by atoms with Crippen LogP contribution in [0.3, 0.4) is 0 Å². The molecule has 0 saturated heterocycles. The van der Waals surface area contributed by atoms with E-state index >= 15 is 0 Å². The molecule has 2 N–H and O–H groups in total. The summed E-state index contributed by atoms with van der Waals surface area (Å²) in [6, 6.07) is 6.33. The zero-order valence-corrected chi connectivity index (χ0v) is 8.98. The third kappa shape index (κ3) is 2.64. The molecule has 1 heterocycles. The first-order valence-corrected chi connectivity index (χ1v) is 5.01. The van der Waals surface area contributed by atoms with Crippen LogP contribution in [0.15, 0.2) is 30.5 Å². The number of non-ortho nitro benzene ring substituents is 1. The largest absolute Gasteiger partial charge is 0.325 e. The molecule has 0 aliphatic heterocycles. The SMILES string of the molecule is NCc1cn(Cc2ccc([N+](=O)[O-])cc2)nn1. The molecule has 7 heteroatoms. The van der Waals surface area contributed by atoms with Crippen molar-refractivity contribution >= 4 is 5.69 Å². The number of rotatable bonds is 4. The van der Waals surface area contributed by atoms with Crippen LogP contribution in [0.25, 0.3) is 0 Å². The van der Waals surface area contributed by atoms with Gasteiger partial charge in [-0.25, -0.2) is 4.68 Å². The summed E-state index contributed by atoms with van der Waals surface area (Å²) in [5, 5.41) is 18.2. The molecule has 17 heavy (non-hydrogen) atoms. The quantitative estimate of drug-likeness (QED) is 0.618. The maximum absolute atomic E-state index is 10.5. The number of hydrogen-bond donors (Lipinski definition) is 1. The third-order valence-electron chi connectivity index (χ3n) is 2.29. The van der Waals surface area contributed by atoms with E-state index in [1.807, 2.05) is 0 Å². The van der Waals surface area contributed by atoms with E-state index in [0.717, 1.165) is 5.56 Å². The number of benzene rings is 1. The van der Waals surface area contributed by atoms with E-state index in [1.165, 1.54) is 12.1 Å². The van der Waals surface area contributed by atoms with Gasteiger partial charge < -0.3 is 5.73 Å². The lowest BCUT2D eigenvalue weighted by Gasteiger charge is -2.00. The Morgan fingerprint density at radius 3 is 2.59 bits per heavy atom. The summed E-state index contributed by atoms with van der Waals surface area (Å²) in [5.74, 6) is 0. The van der Waals surface area contributed by atoms with Gasteiger partial charge >= 0.3 is 0 Å². The monoisotopic (exact) mass is 233 g/mol. The molecular weight excluding hydrogens is 222 g/mol. The van der Waals surface area contributed by atoms with Crippen LogP contribution in [0.2, 0.25) is 0 Å². The first-order chi connectivity index (χ1) is 8.19. The summed E-state index contributed by atoms with van der Waals surface area (Å²) < 4.78 is 1.64. The van der Waals surface area contributed by atoms with Gasteiger partial charge in [-0.1, -0.05) is 17.3 Å². The fourth-order valence-corrected chi connectivity index (χ4v) is 1.42. The predicted molar refractivity (Wildman–Crippen MR) is 60.1 cm³/mol. The molecule has 0 saturated carbocycles. The van der Waals surface area contributed by atoms with Gasteiger partial charge in [-0.2, -0.15) is 0 Å². The molecule has 0 amide bonds. The van der Waals surface area contributed by atoms with Crippen LogP contribution >= 0.6 is 0 Å². The predicted octanol–water partition coefficient (Wildman–Crippen LogP) is 0.693. The molecule has 1 aromatic carbocycles. The highest BCUT2D eigenvalue weighted by Crippen LogP contribution is 2.12. The van der Waals surface area contributed by atoms with Crippen molar-refractivity contribution in [3.8, 4) is 0 Å². The standard InChI is InChI=1S/C10H11N5O2/c11-5-9-7-14(13-12-9)6-8-1-3-10(4-2-8)15(16)17/h1-4,7H,5-6,11H2. The molecule has 2 aromatic rings. The average molecular weight is 233 g/mol. The Hall–Kier alpha value is -2.28. The lowest BCUT2D eigenvalue weighted by Crippen LogP contribution is -2.00. The van der Waals surface area contributed by atoms with E-state index in [1.54, 1.807) is 23.0 Å². The molecule has 2 rings (SSSR count). The van der Waals surface area contributed by atoms with Gasteiger partial charge in [0.05, 0.1) is 23.4 Å².